The number of phosphoric ester groups is 1. The van der Waals surface area contributed by atoms with Crippen molar-refractivity contribution >= 4 is 7.82 Å². The molecular weight excluding hydrogens is 327 g/mol. The lowest BCUT2D eigenvalue weighted by Gasteiger charge is -2.21. The first-order chi connectivity index (χ1) is 10.9. The maximum absolute atomic E-state index is 11.2. The average Bonchev–Trinajstić information content (AvgIpc) is 2.45. The number of hydrogen-bond donors (Lipinski definition) is 2. The van der Waals surface area contributed by atoms with E-state index in [4.69, 9.17) is 33.3 Å². The second kappa shape index (κ2) is 8.86. The van der Waals surface area contributed by atoms with Gasteiger partial charge in [-0.15, -0.1) is 0 Å². The summed E-state index contributed by atoms with van der Waals surface area (Å²) in [6.07, 6.45) is 0. The molecule has 0 aliphatic carbocycles. The highest BCUT2D eigenvalue weighted by molar-refractivity contribution is 7.46. The average molecular weight is 350 g/mol. The molecule has 8 nitrogen and oxygen atoms in total. The Hall–Kier alpha value is -1.63. The molecule has 0 saturated heterocycles. The summed E-state index contributed by atoms with van der Waals surface area (Å²) in [4.78, 5) is 18.2. The molecule has 1 rings (SSSR count). The summed E-state index contributed by atoms with van der Waals surface area (Å²) in [5.74, 6) is 0.633. The molecule has 0 heterocycles. The largest absolute Gasteiger partial charge is 0.524 e. The zero-order valence-electron chi connectivity index (χ0n) is 13.7. The van der Waals surface area contributed by atoms with Crippen molar-refractivity contribution in [3.8, 4) is 28.7 Å². The Morgan fingerprint density at radius 1 is 0.783 bits per heavy atom. The van der Waals surface area contributed by atoms with E-state index in [2.05, 4.69) is 0 Å². The predicted octanol–water partition coefficient (Wildman–Crippen LogP) is 2.75. The van der Waals surface area contributed by atoms with Crippen LogP contribution in [0.4, 0.5) is 0 Å². The molecule has 9 heteroatoms. The van der Waals surface area contributed by atoms with Gasteiger partial charge < -0.3 is 23.5 Å². The molecule has 0 atom stereocenters. The fraction of sp³-hybridized carbons (Fsp3) is 0.571. The highest BCUT2D eigenvalue weighted by atomic mass is 31.2. The van der Waals surface area contributed by atoms with E-state index in [1.807, 2.05) is 0 Å². The molecule has 0 unspecified atom stereocenters. The molecule has 1 aromatic rings. The molecule has 0 aromatic heterocycles. The molecule has 0 spiro atoms. The lowest BCUT2D eigenvalue weighted by molar-refractivity contribution is 0.233. The molecule has 1 aromatic carbocycles. The number of rotatable bonds is 10. The number of ether oxygens (including phenoxy) is 4. The molecule has 0 aliphatic rings. The van der Waals surface area contributed by atoms with E-state index >= 15 is 0 Å². The molecule has 0 bridgehead atoms. The van der Waals surface area contributed by atoms with Gasteiger partial charge in [0, 0.05) is 6.07 Å². The van der Waals surface area contributed by atoms with Gasteiger partial charge in [0.15, 0.2) is 11.5 Å². The first kappa shape index (κ1) is 19.4. The molecule has 0 fully saturated rings. The highest BCUT2D eigenvalue weighted by Crippen LogP contribution is 2.54. The molecule has 0 aliphatic heterocycles. The van der Waals surface area contributed by atoms with Crippen molar-refractivity contribution in [2.24, 2.45) is 0 Å². The predicted molar refractivity (Wildman–Crippen MR) is 83.8 cm³/mol. The van der Waals surface area contributed by atoms with Crippen molar-refractivity contribution in [2.45, 2.75) is 27.7 Å². The Morgan fingerprint density at radius 3 is 1.65 bits per heavy atom. The van der Waals surface area contributed by atoms with Crippen LogP contribution >= 0.6 is 7.82 Å². The van der Waals surface area contributed by atoms with E-state index in [0.29, 0.717) is 25.6 Å². The summed E-state index contributed by atoms with van der Waals surface area (Å²) in [6, 6.07) is 1.32. The Kier molecular flexibility index (Phi) is 7.48. The van der Waals surface area contributed by atoms with Gasteiger partial charge in [-0.2, -0.15) is 0 Å². The van der Waals surface area contributed by atoms with Crippen LogP contribution in [0.15, 0.2) is 6.07 Å². The van der Waals surface area contributed by atoms with Crippen molar-refractivity contribution in [3.63, 3.8) is 0 Å². The van der Waals surface area contributed by atoms with Gasteiger partial charge in [-0.05, 0) is 27.7 Å². The summed E-state index contributed by atoms with van der Waals surface area (Å²) >= 11 is 0. The first-order valence-corrected chi connectivity index (χ1v) is 8.88. The van der Waals surface area contributed by atoms with Crippen molar-refractivity contribution in [3.05, 3.63) is 6.07 Å². The van der Waals surface area contributed by atoms with Gasteiger partial charge in [0.25, 0.3) is 0 Å². The monoisotopic (exact) mass is 350 g/mol. The second-order valence-electron chi connectivity index (χ2n) is 4.17. The van der Waals surface area contributed by atoms with Crippen LogP contribution in [0.5, 0.6) is 28.7 Å². The van der Waals surface area contributed by atoms with Crippen LogP contribution in [0.2, 0.25) is 0 Å². The minimum absolute atomic E-state index is 0.0598. The normalized spacial score (nSPS) is 11.0. The number of benzene rings is 1. The van der Waals surface area contributed by atoms with Crippen molar-refractivity contribution in [1.29, 1.82) is 0 Å². The van der Waals surface area contributed by atoms with Crippen LogP contribution < -0.4 is 23.5 Å². The zero-order valence-corrected chi connectivity index (χ0v) is 14.6. The lowest BCUT2D eigenvalue weighted by atomic mass is 10.2. The molecule has 0 saturated carbocycles. The first-order valence-electron chi connectivity index (χ1n) is 7.35. The quantitative estimate of drug-likeness (QED) is 0.621. The standard InChI is InChI=1S/C14H23O8P/c1-5-18-10-9-11(22-23(15,16)17)13(20-7-3)14(21-8-4)12(10)19-6-2/h9H,5-8H2,1-4H3,(H2,15,16,17). The van der Waals surface area contributed by atoms with Gasteiger partial charge in [0.1, 0.15) is 0 Å². The van der Waals surface area contributed by atoms with Crippen molar-refractivity contribution in [1.82, 2.24) is 0 Å². The summed E-state index contributed by atoms with van der Waals surface area (Å²) in [5, 5.41) is 0. The van der Waals surface area contributed by atoms with E-state index in [-0.39, 0.29) is 29.6 Å². The number of phosphoric acid groups is 1. The SMILES string of the molecule is CCOc1cc(OP(=O)(O)O)c(OCC)c(OCC)c1OCC. The highest BCUT2D eigenvalue weighted by Gasteiger charge is 2.28. The topological polar surface area (TPSA) is 104 Å². The lowest BCUT2D eigenvalue weighted by Crippen LogP contribution is -2.07. The fourth-order valence-corrected chi connectivity index (χ4v) is 2.27. The third-order valence-corrected chi connectivity index (χ3v) is 2.94. The van der Waals surface area contributed by atoms with E-state index in [1.54, 1.807) is 27.7 Å². The van der Waals surface area contributed by atoms with Gasteiger partial charge in [-0.3, -0.25) is 9.79 Å². The van der Waals surface area contributed by atoms with Gasteiger partial charge >= 0.3 is 7.82 Å². The minimum atomic E-state index is -4.78. The second-order valence-corrected chi connectivity index (χ2v) is 5.34. The number of hydrogen-bond acceptors (Lipinski definition) is 6. The van der Waals surface area contributed by atoms with E-state index in [1.165, 1.54) is 6.07 Å². The van der Waals surface area contributed by atoms with Crippen LogP contribution in [-0.4, -0.2) is 36.2 Å². The van der Waals surface area contributed by atoms with Crippen LogP contribution in [0.1, 0.15) is 27.7 Å². The zero-order chi connectivity index (χ0) is 17.5. The van der Waals surface area contributed by atoms with E-state index < -0.39 is 7.82 Å². The molecule has 132 valence electrons. The summed E-state index contributed by atoms with van der Waals surface area (Å²) in [6.45, 7) is 8.29. The van der Waals surface area contributed by atoms with Gasteiger partial charge in [-0.25, -0.2) is 4.57 Å². The van der Waals surface area contributed by atoms with Gasteiger partial charge in [0.05, 0.1) is 26.4 Å². The maximum atomic E-state index is 11.2. The van der Waals surface area contributed by atoms with Crippen LogP contribution in [0, 0.1) is 0 Å². The molecule has 0 radical (unpaired) electrons. The minimum Gasteiger partial charge on any atom is -0.490 e. The Labute approximate surface area is 135 Å². The molecule has 2 N–H and O–H groups in total. The van der Waals surface area contributed by atoms with Crippen LogP contribution in [-0.2, 0) is 4.57 Å². The third-order valence-electron chi connectivity index (χ3n) is 2.51. The van der Waals surface area contributed by atoms with Gasteiger partial charge in [-0.1, -0.05) is 0 Å². The van der Waals surface area contributed by atoms with E-state index in [0.717, 1.165) is 0 Å². The Balaban J connectivity index is 3.56. The van der Waals surface area contributed by atoms with Crippen molar-refractivity contribution in [2.75, 3.05) is 26.4 Å². The summed E-state index contributed by atoms with van der Waals surface area (Å²) in [5.41, 5.74) is 0. The maximum Gasteiger partial charge on any atom is 0.524 e. The smallest absolute Gasteiger partial charge is 0.490 e. The summed E-state index contributed by atoms with van der Waals surface area (Å²) < 4.78 is 38.0. The van der Waals surface area contributed by atoms with Gasteiger partial charge in [0.2, 0.25) is 17.2 Å². The fourth-order valence-electron chi connectivity index (χ4n) is 1.87. The molecular formula is C14H23O8P. The summed E-state index contributed by atoms with van der Waals surface area (Å²) in [7, 11) is -4.78. The Morgan fingerprint density at radius 2 is 1.22 bits per heavy atom. The van der Waals surface area contributed by atoms with Crippen LogP contribution in [0.3, 0.4) is 0 Å². The van der Waals surface area contributed by atoms with E-state index in [9.17, 15) is 4.57 Å². The molecule has 0 amide bonds. The van der Waals surface area contributed by atoms with Crippen LogP contribution in [0.25, 0.3) is 0 Å². The third kappa shape index (κ3) is 5.49. The Bertz CT molecular complexity index is 554. The van der Waals surface area contributed by atoms with Crippen molar-refractivity contribution < 1.29 is 37.8 Å². The molecule has 23 heavy (non-hydrogen) atoms.